The predicted octanol–water partition coefficient (Wildman–Crippen LogP) is 0.699. The van der Waals surface area contributed by atoms with Crippen molar-refractivity contribution in [2.24, 2.45) is 5.73 Å². The number of hydrogen-bond donors (Lipinski definition) is 3. The number of hydrogen-bond acceptors (Lipinski definition) is 4. The Morgan fingerprint density at radius 2 is 2.47 bits per heavy atom. The Morgan fingerprint density at radius 3 is 3.07 bits per heavy atom. The van der Waals surface area contributed by atoms with E-state index in [4.69, 9.17) is 5.73 Å². The molecule has 0 fully saturated rings. The minimum Gasteiger partial charge on any atom is -0.361 e. The van der Waals surface area contributed by atoms with Crippen molar-refractivity contribution in [1.29, 1.82) is 0 Å². The SMILES string of the molecule is CCCCC(CN)Nc1ncc[nH]c1=O. The summed E-state index contributed by atoms with van der Waals surface area (Å²) in [5.41, 5.74) is 5.41. The maximum atomic E-state index is 11.3. The number of aromatic amines is 1. The zero-order chi connectivity index (χ0) is 11.1. The van der Waals surface area contributed by atoms with E-state index in [1.54, 1.807) is 6.20 Å². The van der Waals surface area contributed by atoms with E-state index < -0.39 is 0 Å². The third kappa shape index (κ3) is 3.71. The molecule has 0 aromatic carbocycles. The average Bonchev–Trinajstić information content (AvgIpc) is 2.26. The molecule has 15 heavy (non-hydrogen) atoms. The highest BCUT2D eigenvalue weighted by Gasteiger charge is 2.08. The summed E-state index contributed by atoms with van der Waals surface area (Å²) in [5.74, 6) is 0.351. The molecule has 1 atom stereocenters. The molecule has 4 N–H and O–H groups in total. The molecule has 0 aliphatic rings. The van der Waals surface area contributed by atoms with Gasteiger partial charge in [0.15, 0.2) is 5.82 Å². The van der Waals surface area contributed by atoms with Crippen LogP contribution in [0.1, 0.15) is 26.2 Å². The number of nitrogens with one attached hydrogen (secondary N) is 2. The number of H-pyrrole nitrogens is 1. The molecule has 0 spiro atoms. The van der Waals surface area contributed by atoms with Crippen LogP contribution in [-0.4, -0.2) is 22.6 Å². The van der Waals surface area contributed by atoms with E-state index in [1.807, 2.05) is 0 Å². The molecular weight excluding hydrogens is 192 g/mol. The summed E-state index contributed by atoms with van der Waals surface area (Å²) in [4.78, 5) is 17.9. The van der Waals surface area contributed by atoms with Crippen LogP contribution in [0.2, 0.25) is 0 Å². The van der Waals surface area contributed by atoms with Crippen molar-refractivity contribution in [3.8, 4) is 0 Å². The summed E-state index contributed by atoms with van der Waals surface area (Å²) in [5, 5.41) is 3.05. The molecule has 1 aromatic rings. The van der Waals surface area contributed by atoms with E-state index in [0.29, 0.717) is 12.4 Å². The number of nitrogens with two attached hydrogens (primary N) is 1. The van der Waals surface area contributed by atoms with Gasteiger partial charge in [-0.15, -0.1) is 0 Å². The summed E-state index contributed by atoms with van der Waals surface area (Å²) in [6.07, 6.45) is 6.24. The second-order valence-corrected chi connectivity index (χ2v) is 3.49. The lowest BCUT2D eigenvalue weighted by Gasteiger charge is -2.15. The van der Waals surface area contributed by atoms with Gasteiger partial charge in [-0.05, 0) is 6.42 Å². The molecule has 1 aromatic heterocycles. The van der Waals surface area contributed by atoms with Crippen LogP contribution in [-0.2, 0) is 0 Å². The molecule has 0 aliphatic heterocycles. The van der Waals surface area contributed by atoms with Crippen LogP contribution >= 0.6 is 0 Å². The number of unbranched alkanes of at least 4 members (excludes halogenated alkanes) is 1. The van der Waals surface area contributed by atoms with E-state index in [9.17, 15) is 4.79 Å². The largest absolute Gasteiger partial charge is 0.361 e. The summed E-state index contributed by atoms with van der Waals surface area (Å²) < 4.78 is 0. The lowest BCUT2D eigenvalue weighted by atomic mass is 10.1. The molecule has 0 bridgehead atoms. The normalized spacial score (nSPS) is 12.4. The first-order valence-electron chi connectivity index (χ1n) is 5.28. The van der Waals surface area contributed by atoms with Gasteiger partial charge in [-0.25, -0.2) is 4.98 Å². The molecule has 84 valence electrons. The number of rotatable bonds is 6. The number of nitrogens with zero attached hydrogens (tertiary/aromatic N) is 1. The Labute approximate surface area is 89.1 Å². The first-order valence-corrected chi connectivity index (χ1v) is 5.28. The summed E-state index contributed by atoms with van der Waals surface area (Å²) in [6.45, 7) is 2.64. The zero-order valence-electron chi connectivity index (χ0n) is 8.99. The van der Waals surface area contributed by atoms with Gasteiger partial charge >= 0.3 is 0 Å². The fourth-order valence-electron chi connectivity index (χ4n) is 1.35. The Bertz CT molecular complexity index is 336. The minimum atomic E-state index is -0.201. The maximum Gasteiger partial charge on any atom is 0.290 e. The van der Waals surface area contributed by atoms with Crippen LogP contribution in [0.5, 0.6) is 0 Å². The molecule has 1 heterocycles. The quantitative estimate of drug-likeness (QED) is 0.645. The summed E-state index contributed by atoms with van der Waals surface area (Å²) in [6, 6.07) is 0.126. The Hall–Kier alpha value is -1.36. The van der Waals surface area contributed by atoms with E-state index in [0.717, 1.165) is 19.3 Å². The zero-order valence-corrected chi connectivity index (χ0v) is 8.99. The van der Waals surface area contributed by atoms with E-state index in [1.165, 1.54) is 6.20 Å². The third-order valence-corrected chi connectivity index (χ3v) is 2.24. The first kappa shape index (κ1) is 11.7. The number of anilines is 1. The standard InChI is InChI=1S/C10H18N4O/c1-2-3-4-8(7-11)14-9-10(15)13-6-5-12-9/h5-6,8H,2-4,7,11H2,1H3,(H,12,14)(H,13,15). The van der Waals surface area contributed by atoms with Crippen molar-refractivity contribution in [3.63, 3.8) is 0 Å². The predicted molar refractivity (Wildman–Crippen MR) is 60.8 cm³/mol. The highest BCUT2D eigenvalue weighted by atomic mass is 16.1. The van der Waals surface area contributed by atoms with Crippen molar-refractivity contribution in [2.75, 3.05) is 11.9 Å². The van der Waals surface area contributed by atoms with Crippen LogP contribution < -0.4 is 16.6 Å². The Balaban J connectivity index is 2.58. The van der Waals surface area contributed by atoms with Gasteiger partial charge in [-0.3, -0.25) is 4.79 Å². The lowest BCUT2D eigenvalue weighted by Crippen LogP contribution is -2.31. The molecule has 5 heteroatoms. The molecular formula is C10H18N4O. The van der Waals surface area contributed by atoms with Gasteiger partial charge in [-0.1, -0.05) is 19.8 Å². The van der Waals surface area contributed by atoms with Gasteiger partial charge in [0.25, 0.3) is 5.56 Å². The average molecular weight is 210 g/mol. The molecule has 1 rings (SSSR count). The van der Waals surface area contributed by atoms with Crippen LogP contribution in [0.25, 0.3) is 0 Å². The van der Waals surface area contributed by atoms with Crippen molar-refractivity contribution >= 4 is 5.82 Å². The number of aromatic nitrogens is 2. The van der Waals surface area contributed by atoms with Crippen molar-refractivity contribution in [3.05, 3.63) is 22.7 Å². The van der Waals surface area contributed by atoms with E-state index in [2.05, 4.69) is 22.2 Å². The highest BCUT2D eigenvalue weighted by Crippen LogP contribution is 2.03. The molecule has 0 saturated carbocycles. The molecule has 0 aliphatic carbocycles. The molecule has 0 saturated heterocycles. The van der Waals surface area contributed by atoms with Gasteiger partial charge in [0.05, 0.1) is 0 Å². The van der Waals surface area contributed by atoms with Crippen LogP contribution in [0.3, 0.4) is 0 Å². The minimum absolute atomic E-state index is 0.126. The van der Waals surface area contributed by atoms with E-state index >= 15 is 0 Å². The molecule has 1 unspecified atom stereocenters. The van der Waals surface area contributed by atoms with Crippen LogP contribution in [0.4, 0.5) is 5.82 Å². The summed E-state index contributed by atoms with van der Waals surface area (Å²) in [7, 11) is 0. The highest BCUT2D eigenvalue weighted by molar-refractivity contribution is 5.31. The van der Waals surface area contributed by atoms with Crippen molar-refractivity contribution < 1.29 is 0 Å². The second kappa shape index (κ2) is 6.19. The van der Waals surface area contributed by atoms with E-state index in [-0.39, 0.29) is 11.6 Å². The molecule has 0 radical (unpaired) electrons. The maximum absolute atomic E-state index is 11.3. The van der Waals surface area contributed by atoms with Gasteiger partial charge in [0.1, 0.15) is 0 Å². The van der Waals surface area contributed by atoms with Crippen molar-refractivity contribution in [1.82, 2.24) is 9.97 Å². The van der Waals surface area contributed by atoms with Crippen molar-refractivity contribution in [2.45, 2.75) is 32.2 Å². The third-order valence-electron chi connectivity index (χ3n) is 2.24. The smallest absolute Gasteiger partial charge is 0.290 e. The van der Waals surface area contributed by atoms with Gasteiger partial charge < -0.3 is 16.0 Å². The summed E-state index contributed by atoms with van der Waals surface area (Å²) >= 11 is 0. The van der Waals surface area contributed by atoms with Gasteiger partial charge in [0, 0.05) is 25.0 Å². The topological polar surface area (TPSA) is 83.8 Å². The second-order valence-electron chi connectivity index (χ2n) is 3.49. The first-order chi connectivity index (χ1) is 7.27. The lowest BCUT2D eigenvalue weighted by molar-refractivity contribution is 0.611. The van der Waals surface area contributed by atoms with Crippen LogP contribution in [0, 0.1) is 0 Å². The Kier molecular flexibility index (Phi) is 4.83. The Morgan fingerprint density at radius 1 is 1.67 bits per heavy atom. The monoisotopic (exact) mass is 210 g/mol. The fourth-order valence-corrected chi connectivity index (χ4v) is 1.35. The molecule has 0 amide bonds. The fraction of sp³-hybridized carbons (Fsp3) is 0.600. The van der Waals surface area contributed by atoms with Gasteiger partial charge in [-0.2, -0.15) is 0 Å². The molecule has 5 nitrogen and oxygen atoms in total. The van der Waals surface area contributed by atoms with Crippen LogP contribution in [0.15, 0.2) is 17.2 Å². The van der Waals surface area contributed by atoms with Gasteiger partial charge in [0.2, 0.25) is 0 Å².